The van der Waals surface area contributed by atoms with Crippen LogP contribution >= 0.6 is 11.6 Å². The van der Waals surface area contributed by atoms with Crippen LogP contribution in [0.3, 0.4) is 0 Å². The van der Waals surface area contributed by atoms with E-state index in [1.54, 1.807) is 0 Å². The van der Waals surface area contributed by atoms with Gasteiger partial charge in [-0.15, -0.1) is 0 Å². The highest BCUT2D eigenvalue weighted by molar-refractivity contribution is 6.28. The lowest BCUT2D eigenvalue weighted by molar-refractivity contribution is 0.0694. The van der Waals surface area contributed by atoms with Crippen LogP contribution in [-0.2, 0) is 6.42 Å². The number of hydrogen-bond donors (Lipinski definition) is 1. The highest BCUT2D eigenvalue weighted by atomic mass is 35.5. The van der Waals surface area contributed by atoms with Crippen LogP contribution in [0.4, 0.5) is 0 Å². The smallest absolute Gasteiger partial charge is 0.339 e. The number of aromatic carboxylic acids is 1. The number of aryl methyl sites for hydroxylation is 1. The van der Waals surface area contributed by atoms with E-state index in [0.29, 0.717) is 12.1 Å². The molecular weight excluding hydrogens is 180 g/mol. The number of carbonyl (C=O) groups is 1. The van der Waals surface area contributed by atoms with Crippen LogP contribution in [0.25, 0.3) is 0 Å². The monoisotopic (exact) mass is 186 g/mol. The number of nitrogens with zero attached hydrogens (tertiary/aromatic N) is 2. The van der Waals surface area contributed by atoms with Crippen LogP contribution in [0.2, 0.25) is 5.28 Å². The molecule has 1 N–H and O–H groups in total. The number of hydrogen-bond acceptors (Lipinski definition) is 3. The molecule has 0 spiro atoms. The normalized spacial score (nSPS) is 9.83. The second-order valence-corrected chi connectivity index (χ2v) is 2.50. The third kappa shape index (κ3) is 1.71. The molecule has 1 aromatic heterocycles. The molecule has 0 aromatic carbocycles. The van der Waals surface area contributed by atoms with Crippen LogP contribution < -0.4 is 0 Å². The van der Waals surface area contributed by atoms with Crippen molar-refractivity contribution in [2.24, 2.45) is 0 Å². The molecule has 12 heavy (non-hydrogen) atoms. The van der Waals surface area contributed by atoms with Crippen molar-refractivity contribution in [3.8, 4) is 0 Å². The molecular formula is C7H7ClN2O2. The SMILES string of the molecule is CCc1nc(Cl)ncc1C(=O)O. The van der Waals surface area contributed by atoms with Crippen molar-refractivity contribution in [3.63, 3.8) is 0 Å². The second kappa shape index (κ2) is 3.49. The van der Waals surface area contributed by atoms with Crippen molar-refractivity contribution in [2.75, 3.05) is 0 Å². The molecule has 0 bridgehead atoms. The highest BCUT2D eigenvalue weighted by Crippen LogP contribution is 2.08. The predicted molar refractivity (Wildman–Crippen MR) is 43.4 cm³/mol. The molecule has 1 heterocycles. The summed E-state index contributed by atoms with van der Waals surface area (Å²) in [6.45, 7) is 1.81. The molecule has 0 amide bonds. The third-order valence-corrected chi connectivity index (χ3v) is 1.59. The van der Waals surface area contributed by atoms with Crippen LogP contribution in [0.5, 0.6) is 0 Å². The Morgan fingerprint density at radius 3 is 2.92 bits per heavy atom. The van der Waals surface area contributed by atoms with Gasteiger partial charge in [0.25, 0.3) is 0 Å². The molecule has 1 aromatic rings. The van der Waals surface area contributed by atoms with Gasteiger partial charge in [-0.05, 0) is 18.0 Å². The fraction of sp³-hybridized carbons (Fsp3) is 0.286. The predicted octanol–water partition coefficient (Wildman–Crippen LogP) is 1.39. The molecule has 0 saturated heterocycles. The number of carboxylic acids is 1. The largest absolute Gasteiger partial charge is 0.478 e. The molecule has 0 fully saturated rings. The van der Waals surface area contributed by atoms with E-state index in [0.717, 1.165) is 0 Å². The maximum atomic E-state index is 10.6. The maximum Gasteiger partial charge on any atom is 0.339 e. The number of halogens is 1. The van der Waals surface area contributed by atoms with Crippen molar-refractivity contribution in [3.05, 3.63) is 22.7 Å². The summed E-state index contributed by atoms with van der Waals surface area (Å²) >= 11 is 5.49. The lowest BCUT2D eigenvalue weighted by Gasteiger charge is -2.00. The molecule has 5 heteroatoms. The van der Waals surface area contributed by atoms with Gasteiger partial charge in [0, 0.05) is 6.20 Å². The molecule has 0 aliphatic rings. The van der Waals surface area contributed by atoms with E-state index in [1.807, 2.05) is 6.92 Å². The summed E-state index contributed by atoms with van der Waals surface area (Å²) in [5.74, 6) is -1.02. The zero-order valence-corrected chi connectivity index (χ0v) is 7.17. The average molecular weight is 187 g/mol. The van der Waals surface area contributed by atoms with E-state index in [9.17, 15) is 4.79 Å². The first-order chi connectivity index (χ1) is 5.65. The standard InChI is InChI=1S/C7H7ClN2O2/c1-2-5-4(6(11)12)3-9-7(8)10-5/h3H,2H2,1H3,(H,11,12). The third-order valence-electron chi connectivity index (χ3n) is 1.40. The summed E-state index contributed by atoms with van der Waals surface area (Å²) in [6, 6.07) is 0. The van der Waals surface area contributed by atoms with Crippen LogP contribution in [0.15, 0.2) is 6.20 Å². The Hall–Kier alpha value is -1.16. The Kier molecular flexibility index (Phi) is 2.60. The fourth-order valence-electron chi connectivity index (χ4n) is 0.841. The summed E-state index contributed by atoms with van der Waals surface area (Å²) < 4.78 is 0. The van der Waals surface area contributed by atoms with Gasteiger partial charge in [-0.1, -0.05) is 6.92 Å². The van der Waals surface area contributed by atoms with E-state index >= 15 is 0 Å². The second-order valence-electron chi connectivity index (χ2n) is 2.16. The molecule has 0 atom stereocenters. The van der Waals surface area contributed by atoms with Gasteiger partial charge in [0.15, 0.2) is 0 Å². The van der Waals surface area contributed by atoms with Crippen molar-refractivity contribution < 1.29 is 9.90 Å². The van der Waals surface area contributed by atoms with E-state index in [4.69, 9.17) is 16.7 Å². The number of rotatable bonds is 2. The first kappa shape index (κ1) is 8.93. The van der Waals surface area contributed by atoms with Crippen LogP contribution in [-0.4, -0.2) is 21.0 Å². The van der Waals surface area contributed by atoms with Gasteiger partial charge in [-0.3, -0.25) is 0 Å². The summed E-state index contributed by atoms with van der Waals surface area (Å²) in [4.78, 5) is 17.9. The van der Waals surface area contributed by atoms with E-state index in [-0.39, 0.29) is 10.8 Å². The van der Waals surface area contributed by atoms with Gasteiger partial charge < -0.3 is 5.11 Å². The fourth-order valence-corrected chi connectivity index (χ4v) is 0.992. The van der Waals surface area contributed by atoms with Crippen molar-refractivity contribution in [1.82, 2.24) is 9.97 Å². The van der Waals surface area contributed by atoms with E-state index in [2.05, 4.69) is 9.97 Å². The Morgan fingerprint density at radius 2 is 2.42 bits per heavy atom. The topological polar surface area (TPSA) is 63.1 Å². The number of carboxylic acid groups (broad SMARTS) is 1. The van der Waals surface area contributed by atoms with Gasteiger partial charge >= 0.3 is 5.97 Å². The lowest BCUT2D eigenvalue weighted by atomic mass is 10.2. The molecule has 1 rings (SSSR count). The summed E-state index contributed by atoms with van der Waals surface area (Å²) in [6.07, 6.45) is 1.75. The van der Waals surface area contributed by atoms with Crippen molar-refractivity contribution in [1.29, 1.82) is 0 Å². The zero-order chi connectivity index (χ0) is 9.14. The number of aromatic nitrogens is 2. The van der Waals surface area contributed by atoms with Crippen molar-refractivity contribution >= 4 is 17.6 Å². The quantitative estimate of drug-likeness (QED) is 0.709. The molecule has 0 radical (unpaired) electrons. The molecule has 0 unspecified atom stereocenters. The molecule has 0 saturated carbocycles. The molecule has 4 nitrogen and oxygen atoms in total. The maximum absolute atomic E-state index is 10.6. The average Bonchev–Trinajstić information content (AvgIpc) is 2.03. The van der Waals surface area contributed by atoms with Crippen molar-refractivity contribution in [2.45, 2.75) is 13.3 Å². The van der Waals surface area contributed by atoms with Gasteiger partial charge in [-0.25, -0.2) is 14.8 Å². The lowest BCUT2D eigenvalue weighted by Crippen LogP contribution is -2.05. The molecule has 0 aliphatic heterocycles. The Morgan fingerprint density at radius 1 is 1.75 bits per heavy atom. The summed E-state index contributed by atoms with van der Waals surface area (Å²) in [7, 11) is 0. The van der Waals surface area contributed by atoms with Crippen LogP contribution in [0, 0.1) is 0 Å². The minimum atomic E-state index is -1.02. The zero-order valence-electron chi connectivity index (χ0n) is 6.41. The molecule has 64 valence electrons. The Bertz CT molecular complexity index is 314. The van der Waals surface area contributed by atoms with Crippen LogP contribution in [0.1, 0.15) is 23.0 Å². The summed E-state index contributed by atoms with van der Waals surface area (Å²) in [5, 5.41) is 8.74. The van der Waals surface area contributed by atoms with E-state index < -0.39 is 5.97 Å². The first-order valence-corrected chi connectivity index (χ1v) is 3.77. The van der Waals surface area contributed by atoms with Gasteiger partial charge in [0.05, 0.1) is 11.3 Å². The summed E-state index contributed by atoms with van der Waals surface area (Å²) in [5.41, 5.74) is 0.574. The minimum Gasteiger partial charge on any atom is -0.478 e. The highest BCUT2D eigenvalue weighted by Gasteiger charge is 2.10. The Labute approximate surface area is 74.2 Å². The van der Waals surface area contributed by atoms with Gasteiger partial charge in [-0.2, -0.15) is 0 Å². The van der Waals surface area contributed by atoms with E-state index in [1.165, 1.54) is 6.20 Å². The Balaban J connectivity index is 3.20. The molecule has 0 aliphatic carbocycles. The van der Waals surface area contributed by atoms with Gasteiger partial charge in [0.1, 0.15) is 0 Å². The first-order valence-electron chi connectivity index (χ1n) is 3.40. The minimum absolute atomic E-state index is 0.0804. The van der Waals surface area contributed by atoms with Gasteiger partial charge in [0.2, 0.25) is 5.28 Å².